The monoisotopic (exact) mass is 642 g/mol. The molecule has 0 radical (unpaired) electrons. The van der Waals surface area contributed by atoms with Gasteiger partial charge in [0.1, 0.15) is 27.8 Å². The fourth-order valence-corrected chi connectivity index (χ4v) is 7.58. The van der Waals surface area contributed by atoms with E-state index in [1.807, 2.05) is 66.7 Å². The number of hydrogen-bond donors (Lipinski definition) is 0. The summed E-state index contributed by atoms with van der Waals surface area (Å²) in [4.78, 5) is 7.21. The first-order valence-electron chi connectivity index (χ1n) is 16.7. The van der Waals surface area contributed by atoms with Gasteiger partial charge in [-0.15, -0.1) is 0 Å². The SMILES string of the molecule is c1ccc(-c2nc3ccc4ccc5ccc(N(c6ccc7c(c6)oc6ccccc67)c6cccc7oc8ccccc8c67)cc5c4c3o2)cc1. The molecule has 5 heteroatoms. The number of furan rings is 2. The zero-order valence-corrected chi connectivity index (χ0v) is 26.6. The molecule has 0 bridgehead atoms. The van der Waals surface area contributed by atoms with Crippen LogP contribution in [0.1, 0.15) is 0 Å². The summed E-state index contributed by atoms with van der Waals surface area (Å²) in [5.74, 6) is 0.612. The van der Waals surface area contributed by atoms with Crippen LogP contribution in [0.25, 0.3) is 88.0 Å². The summed E-state index contributed by atoms with van der Waals surface area (Å²) >= 11 is 0. The van der Waals surface area contributed by atoms with Crippen LogP contribution in [0.5, 0.6) is 0 Å². The minimum absolute atomic E-state index is 0.612. The second kappa shape index (κ2) is 10.3. The first-order chi connectivity index (χ1) is 24.8. The van der Waals surface area contributed by atoms with Crippen LogP contribution in [0.4, 0.5) is 17.1 Å². The molecule has 0 atom stereocenters. The van der Waals surface area contributed by atoms with Crippen LogP contribution in [0.2, 0.25) is 0 Å². The fourth-order valence-electron chi connectivity index (χ4n) is 7.58. The van der Waals surface area contributed by atoms with Crippen molar-refractivity contribution in [3.05, 3.63) is 158 Å². The van der Waals surface area contributed by atoms with Crippen molar-refractivity contribution < 1.29 is 13.3 Å². The summed E-state index contributed by atoms with van der Waals surface area (Å²) in [6.45, 7) is 0. The van der Waals surface area contributed by atoms with E-state index in [0.29, 0.717) is 5.89 Å². The molecule has 0 aliphatic carbocycles. The Bertz CT molecular complexity index is 3110. The van der Waals surface area contributed by atoms with Gasteiger partial charge in [-0.1, -0.05) is 84.9 Å². The third-order valence-corrected chi connectivity index (χ3v) is 9.86. The average molecular weight is 643 g/mol. The lowest BCUT2D eigenvalue weighted by molar-refractivity contribution is 0.623. The Morgan fingerprint density at radius 2 is 1.08 bits per heavy atom. The zero-order valence-electron chi connectivity index (χ0n) is 26.6. The second-order valence-corrected chi connectivity index (χ2v) is 12.7. The van der Waals surface area contributed by atoms with Gasteiger partial charge in [0.25, 0.3) is 0 Å². The third kappa shape index (κ3) is 3.98. The number of aromatic nitrogens is 1. The number of benzene rings is 8. The molecule has 0 N–H and O–H groups in total. The van der Waals surface area contributed by atoms with Crippen LogP contribution >= 0.6 is 0 Å². The molecule has 5 nitrogen and oxygen atoms in total. The predicted octanol–water partition coefficient (Wildman–Crippen LogP) is 13.1. The van der Waals surface area contributed by atoms with E-state index in [4.69, 9.17) is 18.2 Å². The Kier molecular flexibility index (Phi) is 5.60. The zero-order chi connectivity index (χ0) is 32.8. The molecule has 234 valence electrons. The van der Waals surface area contributed by atoms with Crippen molar-refractivity contribution in [1.82, 2.24) is 4.98 Å². The molecule has 50 heavy (non-hydrogen) atoms. The lowest BCUT2D eigenvalue weighted by Crippen LogP contribution is -2.10. The van der Waals surface area contributed by atoms with Gasteiger partial charge in [-0.25, -0.2) is 4.98 Å². The van der Waals surface area contributed by atoms with E-state index in [0.717, 1.165) is 99.1 Å². The van der Waals surface area contributed by atoms with E-state index in [1.165, 1.54) is 0 Å². The Morgan fingerprint density at radius 1 is 0.420 bits per heavy atom. The fraction of sp³-hybridized carbons (Fsp3) is 0. The number of fused-ring (bicyclic) bond motifs is 11. The van der Waals surface area contributed by atoms with Gasteiger partial charge in [-0.05, 0) is 82.9 Å². The van der Waals surface area contributed by atoms with Crippen molar-refractivity contribution in [3.63, 3.8) is 0 Å². The number of nitrogens with zero attached hydrogens (tertiary/aromatic N) is 2. The van der Waals surface area contributed by atoms with E-state index < -0.39 is 0 Å². The van der Waals surface area contributed by atoms with E-state index in [1.54, 1.807) is 0 Å². The maximum atomic E-state index is 6.57. The Labute approximate surface area is 285 Å². The maximum Gasteiger partial charge on any atom is 0.227 e. The first-order valence-corrected chi connectivity index (χ1v) is 16.7. The first kappa shape index (κ1) is 27.1. The molecule has 3 aromatic heterocycles. The molecule has 11 rings (SSSR count). The smallest absolute Gasteiger partial charge is 0.227 e. The molecule has 0 spiro atoms. The van der Waals surface area contributed by atoms with Gasteiger partial charge in [0, 0.05) is 44.5 Å². The van der Waals surface area contributed by atoms with Crippen molar-refractivity contribution in [3.8, 4) is 11.5 Å². The number of anilines is 3. The summed E-state index contributed by atoms with van der Waals surface area (Å²) in [6, 6.07) is 54.4. The Morgan fingerprint density at radius 3 is 1.98 bits per heavy atom. The average Bonchev–Trinajstić information content (AvgIpc) is 3.88. The van der Waals surface area contributed by atoms with Crippen molar-refractivity contribution in [2.24, 2.45) is 0 Å². The van der Waals surface area contributed by atoms with Gasteiger partial charge in [0.2, 0.25) is 5.89 Å². The minimum atomic E-state index is 0.612. The van der Waals surface area contributed by atoms with Gasteiger partial charge < -0.3 is 18.2 Å². The molecular formula is C45H26N2O3. The van der Waals surface area contributed by atoms with Crippen LogP contribution in [-0.4, -0.2) is 4.98 Å². The third-order valence-electron chi connectivity index (χ3n) is 9.86. The van der Waals surface area contributed by atoms with Crippen molar-refractivity contribution in [1.29, 1.82) is 0 Å². The van der Waals surface area contributed by atoms with Crippen LogP contribution in [0.15, 0.2) is 171 Å². The van der Waals surface area contributed by atoms with Crippen LogP contribution in [0, 0.1) is 0 Å². The predicted molar refractivity (Wildman–Crippen MR) is 204 cm³/mol. The van der Waals surface area contributed by atoms with Gasteiger partial charge in [0.05, 0.1) is 11.1 Å². The summed E-state index contributed by atoms with van der Waals surface area (Å²) in [6.07, 6.45) is 0. The van der Waals surface area contributed by atoms with Crippen LogP contribution in [-0.2, 0) is 0 Å². The number of para-hydroxylation sites is 2. The van der Waals surface area contributed by atoms with Crippen molar-refractivity contribution in [2.75, 3.05) is 4.90 Å². The lowest BCUT2D eigenvalue weighted by atomic mass is 9.99. The molecule has 0 aliphatic heterocycles. The van der Waals surface area contributed by atoms with Crippen LogP contribution in [0.3, 0.4) is 0 Å². The molecule has 0 saturated heterocycles. The molecule has 11 aromatic rings. The number of oxazole rings is 1. The highest BCUT2D eigenvalue weighted by molar-refractivity contribution is 6.19. The summed E-state index contributed by atoms with van der Waals surface area (Å²) in [7, 11) is 0. The molecule has 0 amide bonds. The molecule has 8 aromatic carbocycles. The standard InChI is InChI=1S/C45H26N2O3/c1-2-9-29(10-3-1)45-46-36-24-20-28-18-17-27-19-21-30(25-35(27)42(28)44(36)50-45)47(31-22-23-33-32-11-4-6-14-38(32)49-41(33)26-31)37-13-8-16-40-43(37)34-12-5-7-15-39(34)48-40/h1-26H. The largest absolute Gasteiger partial charge is 0.456 e. The molecule has 0 saturated carbocycles. The lowest BCUT2D eigenvalue weighted by Gasteiger charge is -2.26. The van der Waals surface area contributed by atoms with Gasteiger partial charge >= 0.3 is 0 Å². The normalized spacial score (nSPS) is 12.0. The highest BCUT2D eigenvalue weighted by atomic mass is 16.3. The van der Waals surface area contributed by atoms with E-state index in [9.17, 15) is 0 Å². The number of hydrogen-bond acceptors (Lipinski definition) is 5. The van der Waals surface area contributed by atoms with Crippen molar-refractivity contribution >= 4 is 93.6 Å². The van der Waals surface area contributed by atoms with Gasteiger partial charge in [-0.2, -0.15) is 0 Å². The topological polar surface area (TPSA) is 55.6 Å². The molecule has 3 heterocycles. The van der Waals surface area contributed by atoms with Gasteiger partial charge in [-0.3, -0.25) is 0 Å². The molecular weight excluding hydrogens is 617 g/mol. The highest BCUT2D eigenvalue weighted by Gasteiger charge is 2.22. The van der Waals surface area contributed by atoms with E-state index >= 15 is 0 Å². The summed E-state index contributed by atoms with van der Waals surface area (Å²) < 4.78 is 19.4. The number of rotatable bonds is 4. The second-order valence-electron chi connectivity index (χ2n) is 12.7. The molecule has 0 fully saturated rings. The molecule has 0 unspecified atom stereocenters. The summed E-state index contributed by atoms with van der Waals surface area (Å²) in [5.41, 5.74) is 8.94. The molecule has 0 aliphatic rings. The summed E-state index contributed by atoms with van der Waals surface area (Å²) in [5, 5.41) is 8.64. The van der Waals surface area contributed by atoms with Crippen molar-refractivity contribution in [2.45, 2.75) is 0 Å². The minimum Gasteiger partial charge on any atom is -0.456 e. The highest BCUT2D eigenvalue weighted by Crippen LogP contribution is 2.45. The quantitative estimate of drug-likeness (QED) is 0.179. The Balaban J connectivity index is 1.20. The van der Waals surface area contributed by atoms with Crippen LogP contribution < -0.4 is 4.90 Å². The Hall–Kier alpha value is -6.85. The van der Waals surface area contributed by atoms with E-state index in [-0.39, 0.29) is 0 Å². The van der Waals surface area contributed by atoms with E-state index in [2.05, 4.69) is 95.9 Å². The maximum absolute atomic E-state index is 6.57. The van der Waals surface area contributed by atoms with Gasteiger partial charge in [0.15, 0.2) is 5.58 Å².